The molecule has 2 nitrogen and oxygen atoms in total. The van der Waals surface area contributed by atoms with Crippen LogP contribution in [0.15, 0.2) is 18.2 Å². The number of ether oxygens (including phenoxy) is 1. The average Bonchev–Trinajstić information content (AvgIpc) is 2.58. The lowest BCUT2D eigenvalue weighted by atomic mass is 10.0. The Balaban J connectivity index is 2.21. The van der Waals surface area contributed by atoms with Crippen LogP contribution in [0.25, 0.3) is 0 Å². The minimum absolute atomic E-state index is 0.0315. The Morgan fingerprint density at radius 2 is 2.24 bits per heavy atom. The van der Waals surface area contributed by atoms with Gasteiger partial charge in [-0.25, -0.2) is 0 Å². The van der Waals surface area contributed by atoms with E-state index in [4.69, 9.17) is 10.5 Å². The van der Waals surface area contributed by atoms with Gasteiger partial charge < -0.3 is 10.5 Å². The van der Waals surface area contributed by atoms with Gasteiger partial charge in [-0.15, -0.1) is 0 Å². The van der Waals surface area contributed by atoms with Crippen molar-refractivity contribution < 1.29 is 4.74 Å². The Hall–Kier alpha value is -1.46. The van der Waals surface area contributed by atoms with Crippen molar-refractivity contribution in [3.8, 4) is 17.6 Å². The Labute approximate surface area is 103 Å². The Bertz CT molecular complexity index is 479. The highest BCUT2D eigenvalue weighted by atomic mass is 16.5. The first kappa shape index (κ1) is 12.0. The highest BCUT2D eigenvalue weighted by Crippen LogP contribution is 2.34. The van der Waals surface area contributed by atoms with Crippen molar-refractivity contribution >= 4 is 0 Å². The van der Waals surface area contributed by atoms with Crippen molar-refractivity contribution in [2.24, 2.45) is 5.73 Å². The van der Waals surface area contributed by atoms with Crippen LogP contribution in [-0.4, -0.2) is 11.6 Å². The van der Waals surface area contributed by atoms with Crippen LogP contribution in [0, 0.1) is 11.8 Å². The zero-order valence-corrected chi connectivity index (χ0v) is 10.7. The molecule has 0 aliphatic carbocycles. The first-order chi connectivity index (χ1) is 8.00. The zero-order valence-electron chi connectivity index (χ0n) is 10.7. The molecule has 0 fully saturated rings. The second-order valence-electron chi connectivity index (χ2n) is 5.15. The third kappa shape index (κ3) is 2.81. The third-order valence-electron chi connectivity index (χ3n) is 2.90. The maximum Gasteiger partial charge on any atom is 0.123 e. The van der Waals surface area contributed by atoms with Crippen molar-refractivity contribution in [2.75, 3.05) is 0 Å². The Kier molecular flexibility index (Phi) is 3.13. The Morgan fingerprint density at radius 1 is 1.47 bits per heavy atom. The Morgan fingerprint density at radius 3 is 2.94 bits per heavy atom. The second-order valence-corrected chi connectivity index (χ2v) is 5.15. The molecule has 1 atom stereocenters. The van der Waals surface area contributed by atoms with E-state index in [9.17, 15) is 0 Å². The lowest BCUT2D eigenvalue weighted by Gasteiger charge is -2.16. The summed E-state index contributed by atoms with van der Waals surface area (Å²) in [7, 11) is 0. The topological polar surface area (TPSA) is 35.2 Å². The molecule has 0 aromatic heterocycles. The molecule has 1 aromatic rings. The number of hydrogen-bond acceptors (Lipinski definition) is 2. The predicted molar refractivity (Wildman–Crippen MR) is 70.0 cm³/mol. The normalized spacial score (nSPS) is 17.6. The van der Waals surface area contributed by atoms with Crippen molar-refractivity contribution in [3.63, 3.8) is 0 Å². The van der Waals surface area contributed by atoms with Gasteiger partial charge in [0.05, 0.1) is 6.04 Å². The minimum atomic E-state index is -0.0891. The number of benzene rings is 1. The molecular formula is C15H19NO. The summed E-state index contributed by atoms with van der Waals surface area (Å²) >= 11 is 0. The highest BCUT2D eigenvalue weighted by Gasteiger charge is 2.29. The summed E-state index contributed by atoms with van der Waals surface area (Å²) < 4.78 is 5.82. The van der Waals surface area contributed by atoms with Gasteiger partial charge in [-0.05, 0) is 44.0 Å². The monoisotopic (exact) mass is 229 g/mol. The van der Waals surface area contributed by atoms with Gasteiger partial charge in [0, 0.05) is 12.0 Å². The molecule has 0 saturated heterocycles. The molecule has 0 saturated carbocycles. The number of rotatable bonds is 1. The van der Waals surface area contributed by atoms with Gasteiger partial charge in [0.1, 0.15) is 11.4 Å². The van der Waals surface area contributed by atoms with Gasteiger partial charge >= 0.3 is 0 Å². The summed E-state index contributed by atoms with van der Waals surface area (Å²) in [5.41, 5.74) is 7.95. The number of fused-ring (bicyclic) bond motifs is 1. The van der Waals surface area contributed by atoms with E-state index in [1.54, 1.807) is 0 Å². The van der Waals surface area contributed by atoms with Crippen molar-refractivity contribution in [2.45, 2.75) is 45.3 Å². The van der Waals surface area contributed by atoms with Gasteiger partial charge in [0.2, 0.25) is 0 Å². The van der Waals surface area contributed by atoms with Crippen LogP contribution in [0.1, 0.15) is 38.3 Å². The van der Waals surface area contributed by atoms with Crippen LogP contribution < -0.4 is 10.5 Å². The summed E-state index contributed by atoms with van der Waals surface area (Å²) in [5, 5.41) is 0. The quantitative estimate of drug-likeness (QED) is 0.751. The van der Waals surface area contributed by atoms with E-state index < -0.39 is 0 Å². The van der Waals surface area contributed by atoms with E-state index >= 15 is 0 Å². The van der Waals surface area contributed by atoms with Gasteiger partial charge in [-0.3, -0.25) is 0 Å². The molecule has 2 rings (SSSR count). The van der Waals surface area contributed by atoms with Crippen molar-refractivity contribution in [3.05, 3.63) is 29.3 Å². The van der Waals surface area contributed by atoms with E-state index in [0.29, 0.717) is 0 Å². The minimum Gasteiger partial charge on any atom is -0.487 e. The molecule has 90 valence electrons. The lowest BCUT2D eigenvalue weighted by molar-refractivity contribution is 0.138. The zero-order chi connectivity index (χ0) is 12.5. The molecule has 0 amide bonds. The molecule has 1 heterocycles. The smallest absolute Gasteiger partial charge is 0.123 e. The molecule has 2 N–H and O–H groups in total. The summed E-state index contributed by atoms with van der Waals surface area (Å²) in [5.74, 6) is 7.16. The first-order valence-electron chi connectivity index (χ1n) is 6.09. The molecule has 17 heavy (non-hydrogen) atoms. The fraction of sp³-hybridized carbons (Fsp3) is 0.467. The van der Waals surface area contributed by atoms with Crippen LogP contribution in [0.5, 0.6) is 5.75 Å². The number of nitrogens with two attached hydrogens (primary N) is 1. The van der Waals surface area contributed by atoms with Crippen LogP contribution in [0.3, 0.4) is 0 Å². The van der Waals surface area contributed by atoms with E-state index in [-0.39, 0.29) is 11.6 Å². The predicted octanol–water partition coefficient (Wildman–Crippen LogP) is 2.49. The summed E-state index contributed by atoms with van der Waals surface area (Å²) in [4.78, 5) is 0. The van der Waals surface area contributed by atoms with E-state index in [1.165, 1.54) is 5.56 Å². The molecule has 1 aliphatic rings. The highest BCUT2D eigenvalue weighted by molar-refractivity contribution is 5.47. The molecule has 1 aliphatic heterocycles. The maximum atomic E-state index is 5.82. The van der Waals surface area contributed by atoms with Gasteiger partial charge in [-0.1, -0.05) is 18.8 Å². The molecule has 0 spiro atoms. The molecule has 2 heteroatoms. The van der Waals surface area contributed by atoms with Crippen LogP contribution >= 0.6 is 0 Å². The van der Waals surface area contributed by atoms with Crippen LogP contribution in [0.2, 0.25) is 0 Å². The summed E-state index contributed by atoms with van der Waals surface area (Å²) in [6.45, 7) is 6.25. The molecule has 1 unspecified atom stereocenters. The van der Waals surface area contributed by atoms with Crippen molar-refractivity contribution in [1.29, 1.82) is 0 Å². The van der Waals surface area contributed by atoms with Crippen LogP contribution in [0.4, 0.5) is 0 Å². The molecule has 0 radical (unpaired) electrons. The standard InChI is InChI=1S/C15H19NO/c1-4-13(16)7-5-11-6-8-14-12(9-11)10-15(2,3)17-14/h6,8-9,13H,4,10,16H2,1-3H3. The second kappa shape index (κ2) is 4.43. The maximum absolute atomic E-state index is 5.82. The summed E-state index contributed by atoms with van der Waals surface area (Å²) in [6, 6.07) is 6.08. The summed E-state index contributed by atoms with van der Waals surface area (Å²) in [6.07, 6.45) is 1.83. The average molecular weight is 229 g/mol. The molecule has 1 aromatic carbocycles. The molecule has 0 bridgehead atoms. The van der Waals surface area contributed by atoms with Gasteiger partial charge in [0.15, 0.2) is 0 Å². The van der Waals surface area contributed by atoms with Gasteiger partial charge in [0.25, 0.3) is 0 Å². The van der Waals surface area contributed by atoms with Gasteiger partial charge in [-0.2, -0.15) is 0 Å². The van der Waals surface area contributed by atoms with E-state index in [2.05, 4.69) is 31.8 Å². The molecular weight excluding hydrogens is 210 g/mol. The fourth-order valence-electron chi connectivity index (χ4n) is 1.97. The van der Waals surface area contributed by atoms with E-state index in [1.807, 2.05) is 19.1 Å². The SMILES string of the molecule is CCC(N)C#Cc1ccc2c(c1)CC(C)(C)O2. The number of hydrogen-bond donors (Lipinski definition) is 1. The third-order valence-corrected chi connectivity index (χ3v) is 2.90. The largest absolute Gasteiger partial charge is 0.487 e. The fourth-order valence-corrected chi connectivity index (χ4v) is 1.97. The first-order valence-corrected chi connectivity index (χ1v) is 6.09. The van der Waals surface area contributed by atoms with Crippen LogP contribution in [-0.2, 0) is 6.42 Å². The lowest BCUT2D eigenvalue weighted by Crippen LogP contribution is -2.24. The van der Waals surface area contributed by atoms with E-state index in [0.717, 1.165) is 24.2 Å². The van der Waals surface area contributed by atoms with Crippen molar-refractivity contribution in [1.82, 2.24) is 0 Å².